The van der Waals surface area contributed by atoms with Crippen LogP contribution in [0, 0.1) is 5.92 Å². The standard InChI is InChI=1S/C15H20N2O5/c18-14(9-11-5-8-21-16-11)17-6-3-10(4-7-17)12-1-2-13(22-12)15(19)20/h5,8,10,12-13H,1-4,6-7,9H2,(H,19,20)/t12-,13+/m0/s1. The fourth-order valence-electron chi connectivity index (χ4n) is 3.31. The van der Waals surface area contributed by atoms with E-state index >= 15 is 0 Å². The summed E-state index contributed by atoms with van der Waals surface area (Å²) >= 11 is 0. The Morgan fingerprint density at radius 2 is 2.05 bits per heavy atom. The van der Waals surface area contributed by atoms with Crippen LogP contribution in [0.25, 0.3) is 0 Å². The van der Waals surface area contributed by atoms with Gasteiger partial charge in [0, 0.05) is 19.2 Å². The number of nitrogens with zero attached hydrogens (tertiary/aromatic N) is 2. The van der Waals surface area contributed by atoms with Crippen molar-refractivity contribution in [3.63, 3.8) is 0 Å². The van der Waals surface area contributed by atoms with Crippen LogP contribution in [0.15, 0.2) is 16.9 Å². The quantitative estimate of drug-likeness (QED) is 0.895. The van der Waals surface area contributed by atoms with Crippen molar-refractivity contribution in [2.75, 3.05) is 13.1 Å². The van der Waals surface area contributed by atoms with Crippen LogP contribution in [0.3, 0.4) is 0 Å². The Bertz CT molecular complexity index is 522. The average Bonchev–Trinajstić information content (AvgIpc) is 3.18. The summed E-state index contributed by atoms with van der Waals surface area (Å²) in [5.74, 6) is -0.466. The number of amides is 1. The number of ether oxygens (including phenoxy) is 1. The summed E-state index contributed by atoms with van der Waals surface area (Å²) in [5.41, 5.74) is 0.649. The van der Waals surface area contributed by atoms with Gasteiger partial charge in [0.2, 0.25) is 5.91 Å². The van der Waals surface area contributed by atoms with Crippen LogP contribution in [0.2, 0.25) is 0 Å². The Hall–Kier alpha value is -1.89. The second-order valence-electron chi connectivity index (χ2n) is 5.96. The summed E-state index contributed by atoms with van der Waals surface area (Å²) in [5, 5.41) is 12.7. The molecular formula is C15H20N2O5. The summed E-state index contributed by atoms with van der Waals surface area (Å²) in [6.07, 6.45) is 4.21. The highest BCUT2D eigenvalue weighted by Gasteiger charge is 2.37. The molecule has 2 aliphatic rings. The van der Waals surface area contributed by atoms with E-state index in [1.807, 2.05) is 4.90 Å². The van der Waals surface area contributed by atoms with Gasteiger partial charge in [-0.1, -0.05) is 5.16 Å². The maximum absolute atomic E-state index is 12.2. The number of aliphatic carboxylic acids is 1. The van der Waals surface area contributed by atoms with Crippen LogP contribution < -0.4 is 0 Å². The van der Waals surface area contributed by atoms with Gasteiger partial charge in [0.25, 0.3) is 0 Å². The molecule has 0 unspecified atom stereocenters. The summed E-state index contributed by atoms with van der Waals surface area (Å²) in [4.78, 5) is 24.9. The fourth-order valence-corrected chi connectivity index (χ4v) is 3.31. The number of hydrogen-bond donors (Lipinski definition) is 1. The third kappa shape index (κ3) is 3.30. The van der Waals surface area contributed by atoms with E-state index in [4.69, 9.17) is 14.4 Å². The van der Waals surface area contributed by atoms with E-state index in [1.54, 1.807) is 6.07 Å². The third-order valence-corrected chi connectivity index (χ3v) is 4.57. The predicted octanol–water partition coefficient (Wildman–Crippen LogP) is 1.09. The van der Waals surface area contributed by atoms with Gasteiger partial charge >= 0.3 is 5.97 Å². The lowest BCUT2D eigenvalue weighted by Crippen LogP contribution is -2.42. The van der Waals surface area contributed by atoms with Crippen molar-refractivity contribution in [1.82, 2.24) is 10.1 Å². The largest absolute Gasteiger partial charge is 0.479 e. The van der Waals surface area contributed by atoms with Gasteiger partial charge in [-0.15, -0.1) is 0 Å². The van der Waals surface area contributed by atoms with Crippen LogP contribution in [0.4, 0.5) is 0 Å². The summed E-state index contributed by atoms with van der Waals surface area (Å²) in [7, 11) is 0. The fraction of sp³-hybridized carbons (Fsp3) is 0.667. The number of carbonyl (C=O) groups is 2. The van der Waals surface area contributed by atoms with Gasteiger partial charge in [-0.3, -0.25) is 4.79 Å². The molecule has 2 aliphatic heterocycles. The molecule has 2 atom stereocenters. The number of carboxylic acid groups (broad SMARTS) is 1. The number of likely N-dealkylation sites (tertiary alicyclic amines) is 1. The molecule has 1 N–H and O–H groups in total. The molecule has 0 spiro atoms. The van der Waals surface area contributed by atoms with Crippen molar-refractivity contribution < 1.29 is 24.0 Å². The number of carboxylic acids is 1. The minimum absolute atomic E-state index is 0.0221. The molecule has 1 aromatic rings. The molecule has 120 valence electrons. The lowest BCUT2D eigenvalue weighted by Gasteiger charge is -2.34. The molecule has 2 saturated heterocycles. The third-order valence-electron chi connectivity index (χ3n) is 4.57. The lowest BCUT2D eigenvalue weighted by molar-refractivity contribution is -0.151. The first-order chi connectivity index (χ1) is 10.6. The average molecular weight is 308 g/mol. The summed E-state index contributed by atoms with van der Waals surface area (Å²) < 4.78 is 10.3. The van der Waals surface area contributed by atoms with Crippen molar-refractivity contribution in [3.8, 4) is 0 Å². The van der Waals surface area contributed by atoms with E-state index in [2.05, 4.69) is 5.16 Å². The number of carbonyl (C=O) groups excluding carboxylic acids is 1. The molecule has 7 heteroatoms. The van der Waals surface area contributed by atoms with E-state index in [-0.39, 0.29) is 18.4 Å². The number of aromatic nitrogens is 1. The van der Waals surface area contributed by atoms with E-state index in [9.17, 15) is 9.59 Å². The minimum atomic E-state index is -0.872. The van der Waals surface area contributed by atoms with Gasteiger partial charge in [-0.05, 0) is 31.6 Å². The highest BCUT2D eigenvalue weighted by Crippen LogP contribution is 2.32. The highest BCUT2D eigenvalue weighted by atomic mass is 16.5. The number of hydrogen-bond acceptors (Lipinski definition) is 5. The molecule has 0 saturated carbocycles. The Balaban J connectivity index is 1.46. The zero-order valence-electron chi connectivity index (χ0n) is 12.3. The molecule has 3 rings (SSSR count). The maximum Gasteiger partial charge on any atom is 0.332 e. The smallest absolute Gasteiger partial charge is 0.332 e. The highest BCUT2D eigenvalue weighted by molar-refractivity contribution is 5.78. The van der Waals surface area contributed by atoms with Gasteiger partial charge in [0.15, 0.2) is 6.10 Å². The second kappa shape index (κ2) is 6.48. The van der Waals surface area contributed by atoms with E-state index in [1.165, 1.54) is 6.26 Å². The van der Waals surface area contributed by atoms with Crippen molar-refractivity contribution in [2.45, 2.75) is 44.3 Å². The molecule has 0 radical (unpaired) electrons. The first-order valence-corrected chi connectivity index (χ1v) is 7.69. The van der Waals surface area contributed by atoms with Crippen LogP contribution in [-0.4, -0.2) is 52.3 Å². The zero-order valence-corrected chi connectivity index (χ0v) is 12.3. The first kappa shape index (κ1) is 15.0. The Morgan fingerprint density at radius 1 is 1.27 bits per heavy atom. The van der Waals surface area contributed by atoms with Crippen LogP contribution in [0.1, 0.15) is 31.4 Å². The molecule has 0 aromatic carbocycles. The Kier molecular flexibility index (Phi) is 4.42. The monoisotopic (exact) mass is 308 g/mol. The topological polar surface area (TPSA) is 92.9 Å². The Labute approximate surface area is 128 Å². The molecule has 7 nitrogen and oxygen atoms in total. The zero-order chi connectivity index (χ0) is 15.5. The van der Waals surface area contributed by atoms with E-state index in [0.29, 0.717) is 31.1 Å². The minimum Gasteiger partial charge on any atom is -0.479 e. The van der Waals surface area contributed by atoms with Gasteiger partial charge in [-0.2, -0.15) is 0 Å². The van der Waals surface area contributed by atoms with E-state index < -0.39 is 12.1 Å². The normalized spacial score (nSPS) is 26.3. The number of piperidine rings is 1. The van der Waals surface area contributed by atoms with Crippen molar-refractivity contribution >= 4 is 11.9 Å². The summed E-state index contributed by atoms with van der Waals surface area (Å²) in [6, 6.07) is 1.70. The van der Waals surface area contributed by atoms with Crippen LogP contribution in [0.5, 0.6) is 0 Å². The van der Waals surface area contributed by atoms with Gasteiger partial charge in [0.1, 0.15) is 6.26 Å². The Morgan fingerprint density at radius 3 is 2.64 bits per heavy atom. The molecular weight excluding hydrogens is 288 g/mol. The van der Waals surface area contributed by atoms with Crippen molar-refractivity contribution in [2.24, 2.45) is 5.92 Å². The molecule has 1 aromatic heterocycles. The number of rotatable bonds is 4. The second-order valence-corrected chi connectivity index (χ2v) is 5.96. The SMILES string of the molecule is O=C(O)[C@H]1CC[C@@H](C2CCN(C(=O)Cc3ccon3)CC2)O1. The molecule has 1 amide bonds. The van der Waals surface area contributed by atoms with Crippen LogP contribution >= 0.6 is 0 Å². The first-order valence-electron chi connectivity index (χ1n) is 7.69. The van der Waals surface area contributed by atoms with Crippen molar-refractivity contribution in [3.05, 3.63) is 18.0 Å². The van der Waals surface area contributed by atoms with Gasteiger partial charge in [0.05, 0.1) is 18.2 Å². The predicted molar refractivity (Wildman–Crippen MR) is 75.0 cm³/mol. The molecule has 22 heavy (non-hydrogen) atoms. The van der Waals surface area contributed by atoms with E-state index in [0.717, 1.165) is 19.3 Å². The van der Waals surface area contributed by atoms with Gasteiger partial charge in [-0.25, -0.2) is 4.79 Å². The molecule has 0 bridgehead atoms. The van der Waals surface area contributed by atoms with Gasteiger partial charge < -0.3 is 19.3 Å². The molecule has 0 aliphatic carbocycles. The molecule has 3 heterocycles. The molecule has 2 fully saturated rings. The maximum atomic E-state index is 12.2. The summed E-state index contributed by atoms with van der Waals surface area (Å²) in [6.45, 7) is 1.39. The van der Waals surface area contributed by atoms with Crippen LogP contribution in [-0.2, 0) is 20.7 Å². The van der Waals surface area contributed by atoms with Crippen molar-refractivity contribution in [1.29, 1.82) is 0 Å². The lowest BCUT2D eigenvalue weighted by atomic mass is 9.89.